The first-order chi connectivity index (χ1) is 12.6. The Balaban J connectivity index is 1.86. The van der Waals surface area contributed by atoms with Gasteiger partial charge in [-0.2, -0.15) is 4.99 Å². The monoisotopic (exact) mass is 390 g/mol. The summed E-state index contributed by atoms with van der Waals surface area (Å²) in [6.07, 6.45) is 0. The molecule has 2 heterocycles. The second-order valence-electron chi connectivity index (χ2n) is 5.56. The summed E-state index contributed by atoms with van der Waals surface area (Å²) in [5.41, 5.74) is 1.28. The second-order valence-corrected chi connectivity index (χ2v) is 7.01. The normalized spacial score (nSPS) is 13.4. The molecule has 0 unspecified atom stereocenters. The third-order valence-electron chi connectivity index (χ3n) is 4.08. The van der Waals surface area contributed by atoms with E-state index in [9.17, 15) is 4.79 Å². The van der Waals surface area contributed by atoms with Crippen LogP contribution >= 0.6 is 22.9 Å². The molecule has 0 radical (unpaired) electrons. The maximum absolute atomic E-state index is 12.7. The van der Waals surface area contributed by atoms with Gasteiger partial charge in [0.2, 0.25) is 6.79 Å². The molecule has 0 fully saturated rings. The number of rotatable bonds is 3. The number of hydrogen-bond donors (Lipinski definition) is 0. The van der Waals surface area contributed by atoms with Crippen LogP contribution in [0.3, 0.4) is 0 Å². The Hall–Kier alpha value is -2.51. The molecule has 0 aliphatic carbocycles. The zero-order valence-corrected chi connectivity index (χ0v) is 15.7. The van der Waals surface area contributed by atoms with Crippen LogP contribution in [0.15, 0.2) is 35.3 Å². The van der Waals surface area contributed by atoms with E-state index >= 15 is 0 Å². The summed E-state index contributed by atoms with van der Waals surface area (Å²) in [7, 11) is 1.51. The molecule has 2 aromatic carbocycles. The van der Waals surface area contributed by atoms with E-state index in [0.29, 0.717) is 39.2 Å². The predicted octanol–water partition coefficient (Wildman–Crippen LogP) is 3.85. The predicted molar refractivity (Wildman–Crippen MR) is 99.5 cm³/mol. The van der Waals surface area contributed by atoms with E-state index in [1.54, 1.807) is 18.2 Å². The minimum Gasteiger partial charge on any atom is -0.496 e. The van der Waals surface area contributed by atoms with Crippen molar-refractivity contribution in [3.05, 3.63) is 45.7 Å². The number of fused-ring (bicyclic) bond motifs is 2. The van der Waals surface area contributed by atoms with Gasteiger partial charge in [-0.1, -0.05) is 22.9 Å². The van der Waals surface area contributed by atoms with Crippen molar-refractivity contribution < 1.29 is 19.0 Å². The van der Waals surface area contributed by atoms with Crippen molar-refractivity contribution in [2.45, 2.75) is 13.5 Å². The van der Waals surface area contributed by atoms with Gasteiger partial charge in [-0.25, -0.2) is 0 Å². The lowest BCUT2D eigenvalue weighted by Gasteiger charge is -2.05. The number of benzene rings is 2. The van der Waals surface area contributed by atoms with Gasteiger partial charge in [-0.05, 0) is 25.1 Å². The fraction of sp³-hybridized carbons (Fsp3) is 0.222. The van der Waals surface area contributed by atoms with Gasteiger partial charge in [0, 0.05) is 23.7 Å². The minimum absolute atomic E-state index is 0.225. The van der Waals surface area contributed by atoms with Crippen LogP contribution in [0.4, 0.5) is 0 Å². The standard InChI is InChI=1S/C18H15ClN2O4S/c1-3-21-12-7-14-15(25-9-24-14)8-16(12)26-18(21)20-17(22)11-6-10(19)4-5-13(11)23-2/h4-8H,3,9H2,1-2H3. The fourth-order valence-electron chi connectivity index (χ4n) is 2.84. The molecule has 1 aromatic heterocycles. The molecule has 1 aliphatic rings. The highest BCUT2D eigenvalue weighted by molar-refractivity contribution is 7.16. The molecule has 0 spiro atoms. The SMILES string of the molecule is CCn1c(=NC(=O)c2cc(Cl)ccc2OC)sc2cc3c(cc21)OCO3. The van der Waals surface area contributed by atoms with Crippen LogP contribution in [-0.4, -0.2) is 24.4 Å². The lowest BCUT2D eigenvalue weighted by atomic mass is 10.2. The van der Waals surface area contributed by atoms with E-state index in [1.807, 2.05) is 23.6 Å². The van der Waals surface area contributed by atoms with E-state index in [4.69, 9.17) is 25.8 Å². The Morgan fingerprint density at radius 3 is 2.81 bits per heavy atom. The quantitative estimate of drug-likeness (QED) is 0.681. The third-order valence-corrected chi connectivity index (χ3v) is 5.36. The Labute approximate surface area is 158 Å². The molecule has 0 N–H and O–H groups in total. The summed E-state index contributed by atoms with van der Waals surface area (Å²) in [6, 6.07) is 8.72. The highest BCUT2D eigenvalue weighted by Gasteiger charge is 2.18. The Kier molecular flexibility index (Phi) is 4.34. The smallest absolute Gasteiger partial charge is 0.283 e. The zero-order chi connectivity index (χ0) is 18.3. The number of thiazole rings is 1. The summed E-state index contributed by atoms with van der Waals surface area (Å²) in [5, 5.41) is 0.454. The maximum Gasteiger partial charge on any atom is 0.283 e. The number of carbonyl (C=O) groups is 1. The molecule has 0 atom stereocenters. The number of nitrogens with zero attached hydrogens (tertiary/aromatic N) is 2. The van der Waals surface area contributed by atoms with Gasteiger partial charge in [-0.3, -0.25) is 4.79 Å². The van der Waals surface area contributed by atoms with Gasteiger partial charge in [0.15, 0.2) is 16.3 Å². The molecule has 134 valence electrons. The summed E-state index contributed by atoms with van der Waals surface area (Å²) in [4.78, 5) is 17.6. The largest absolute Gasteiger partial charge is 0.496 e. The molecule has 4 rings (SSSR count). The van der Waals surface area contributed by atoms with Crippen LogP contribution in [0.25, 0.3) is 10.2 Å². The molecule has 26 heavy (non-hydrogen) atoms. The van der Waals surface area contributed by atoms with E-state index in [1.165, 1.54) is 18.4 Å². The maximum atomic E-state index is 12.7. The van der Waals surface area contributed by atoms with Crippen molar-refractivity contribution in [1.82, 2.24) is 4.57 Å². The summed E-state index contributed by atoms with van der Waals surface area (Å²) >= 11 is 7.44. The minimum atomic E-state index is -0.404. The first-order valence-electron chi connectivity index (χ1n) is 7.96. The molecule has 0 bridgehead atoms. The highest BCUT2D eigenvalue weighted by Crippen LogP contribution is 2.37. The zero-order valence-electron chi connectivity index (χ0n) is 14.1. The first-order valence-corrected chi connectivity index (χ1v) is 9.15. The van der Waals surface area contributed by atoms with E-state index < -0.39 is 5.91 Å². The Bertz CT molecular complexity index is 1090. The molecule has 8 heteroatoms. The molecule has 6 nitrogen and oxygen atoms in total. The van der Waals surface area contributed by atoms with E-state index in [2.05, 4.69) is 4.99 Å². The third kappa shape index (κ3) is 2.83. The molecule has 3 aromatic rings. The number of amides is 1. The number of methoxy groups -OCH3 is 1. The van der Waals surface area contributed by atoms with Crippen LogP contribution in [0.2, 0.25) is 5.02 Å². The molecular weight excluding hydrogens is 376 g/mol. The van der Waals surface area contributed by atoms with Crippen molar-refractivity contribution in [3.8, 4) is 17.2 Å². The lowest BCUT2D eigenvalue weighted by molar-refractivity contribution is 0.0995. The van der Waals surface area contributed by atoms with Gasteiger partial charge < -0.3 is 18.8 Å². The van der Waals surface area contributed by atoms with Crippen LogP contribution in [-0.2, 0) is 6.54 Å². The van der Waals surface area contributed by atoms with Gasteiger partial charge >= 0.3 is 0 Å². The van der Waals surface area contributed by atoms with Crippen LogP contribution in [0, 0.1) is 0 Å². The van der Waals surface area contributed by atoms with Crippen LogP contribution in [0.1, 0.15) is 17.3 Å². The number of aromatic nitrogens is 1. The van der Waals surface area contributed by atoms with Crippen LogP contribution in [0.5, 0.6) is 17.2 Å². The van der Waals surface area contributed by atoms with Gasteiger partial charge in [0.25, 0.3) is 5.91 Å². The van der Waals surface area contributed by atoms with Crippen molar-refractivity contribution in [1.29, 1.82) is 0 Å². The summed E-state index contributed by atoms with van der Waals surface area (Å²) in [5.74, 6) is 1.44. The number of aryl methyl sites for hydroxylation is 1. The number of ether oxygens (including phenoxy) is 3. The summed E-state index contributed by atoms with van der Waals surface area (Å²) in [6.45, 7) is 2.89. The molecule has 1 amide bonds. The molecular formula is C18H15ClN2O4S. The lowest BCUT2D eigenvalue weighted by Crippen LogP contribution is -2.16. The van der Waals surface area contributed by atoms with Gasteiger partial charge in [0.05, 0.1) is 22.9 Å². The van der Waals surface area contributed by atoms with Crippen molar-refractivity contribution in [2.24, 2.45) is 4.99 Å². The van der Waals surface area contributed by atoms with E-state index in [0.717, 1.165) is 10.2 Å². The van der Waals surface area contributed by atoms with Crippen molar-refractivity contribution in [3.63, 3.8) is 0 Å². The van der Waals surface area contributed by atoms with Crippen molar-refractivity contribution >= 4 is 39.1 Å². The Morgan fingerprint density at radius 1 is 1.31 bits per heavy atom. The molecule has 0 saturated heterocycles. The number of hydrogen-bond acceptors (Lipinski definition) is 5. The molecule has 0 saturated carbocycles. The van der Waals surface area contributed by atoms with Crippen LogP contribution < -0.4 is 19.0 Å². The average Bonchev–Trinajstić information content (AvgIpc) is 3.22. The highest BCUT2D eigenvalue weighted by atomic mass is 35.5. The molecule has 1 aliphatic heterocycles. The first kappa shape index (κ1) is 16.9. The summed E-state index contributed by atoms with van der Waals surface area (Å²) < 4.78 is 19.1. The fourth-order valence-corrected chi connectivity index (χ4v) is 4.12. The number of carbonyl (C=O) groups excluding carboxylic acids is 1. The Morgan fingerprint density at radius 2 is 2.08 bits per heavy atom. The van der Waals surface area contributed by atoms with Crippen molar-refractivity contribution in [2.75, 3.05) is 13.9 Å². The van der Waals surface area contributed by atoms with Gasteiger partial charge in [0.1, 0.15) is 5.75 Å². The topological polar surface area (TPSA) is 62.1 Å². The average molecular weight is 391 g/mol. The van der Waals surface area contributed by atoms with Gasteiger partial charge in [-0.15, -0.1) is 0 Å². The van der Waals surface area contributed by atoms with E-state index in [-0.39, 0.29) is 6.79 Å². The number of halogens is 1. The second kappa shape index (κ2) is 6.66.